The molecule has 0 bridgehead atoms. The van der Waals surface area contributed by atoms with Gasteiger partial charge in [-0.15, -0.1) is 0 Å². The van der Waals surface area contributed by atoms with E-state index in [1.165, 1.54) is 0 Å². The Morgan fingerprint density at radius 1 is 1.27 bits per heavy atom. The van der Waals surface area contributed by atoms with E-state index >= 15 is 0 Å². The van der Waals surface area contributed by atoms with Crippen LogP contribution in [0.25, 0.3) is 4.85 Å². The van der Waals surface area contributed by atoms with Crippen LogP contribution in [0.4, 0.5) is 0 Å². The Hall–Kier alpha value is -0.240. The van der Waals surface area contributed by atoms with Crippen LogP contribution in [0.3, 0.4) is 0 Å². The average molecular weight is 331 g/mol. The van der Waals surface area contributed by atoms with Crippen molar-refractivity contribution in [3.8, 4) is 0 Å². The molecule has 5 nitrogen and oxygen atoms in total. The van der Waals surface area contributed by atoms with E-state index in [1.54, 1.807) is 0 Å². The van der Waals surface area contributed by atoms with Crippen LogP contribution in [0.2, 0.25) is 0 Å². The van der Waals surface area contributed by atoms with Crippen molar-refractivity contribution in [2.24, 2.45) is 5.92 Å². The monoisotopic (exact) mass is 331 g/mol. The van der Waals surface area contributed by atoms with Gasteiger partial charge in [0.15, 0.2) is 0 Å². The fraction of sp³-hybridized carbons (Fsp3) is 0.938. The van der Waals surface area contributed by atoms with Gasteiger partial charge in [-0.05, 0) is 41.5 Å². The first kappa shape index (κ1) is 18.1. The van der Waals surface area contributed by atoms with Crippen molar-refractivity contribution in [2.45, 2.75) is 78.8 Å². The molecule has 1 aliphatic heterocycles. The van der Waals surface area contributed by atoms with Crippen molar-refractivity contribution in [3.63, 3.8) is 0 Å². The van der Waals surface area contributed by atoms with Gasteiger partial charge >= 0.3 is 0 Å². The quantitative estimate of drug-likeness (QED) is 0.381. The van der Waals surface area contributed by atoms with E-state index < -0.39 is 8.53 Å². The molecule has 0 aromatic rings. The molecule has 1 heterocycles. The summed E-state index contributed by atoms with van der Waals surface area (Å²) in [5.74, 6) is 0.223. The van der Waals surface area contributed by atoms with Crippen molar-refractivity contribution < 1.29 is 15.2 Å². The summed E-state index contributed by atoms with van der Waals surface area (Å²) in [5, 5.41) is 0. The van der Waals surface area contributed by atoms with Gasteiger partial charge in [0, 0.05) is 19.4 Å². The van der Waals surface area contributed by atoms with Crippen LogP contribution in [-0.4, -0.2) is 48.2 Å². The predicted molar refractivity (Wildman–Crippen MR) is 90.5 cm³/mol. The van der Waals surface area contributed by atoms with Crippen LogP contribution in [0, 0.1) is 12.5 Å². The van der Waals surface area contributed by atoms with Crippen LogP contribution >= 0.6 is 8.53 Å². The molecule has 0 aromatic heterocycles. The van der Waals surface area contributed by atoms with E-state index in [4.69, 9.17) is 21.7 Å². The molecule has 0 N–H and O–H groups in total. The van der Waals surface area contributed by atoms with Gasteiger partial charge < -0.3 is 18.6 Å². The highest BCUT2D eigenvalue weighted by Gasteiger charge is 2.41. The van der Waals surface area contributed by atoms with E-state index in [1.807, 2.05) is 6.92 Å². The molecule has 1 aliphatic rings. The fourth-order valence-electron chi connectivity index (χ4n) is 2.64. The van der Waals surface area contributed by atoms with Gasteiger partial charge in [0.25, 0.3) is 8.53 Å². The normalized spacial score (nSPS) is 30.8. The van der Waals surface area contributed by atoms with Crippen molar-refractivity contribution in [2.75, 3.05) is 13.2 Å². The maximum atomic E-state index is 7.71. The van der Waals surface area contributed by atoms with Crippen LogP contribution in [-0.2, 0) is 13.8 Å². The maximum Gasteiger partial charge on any atom is 0.259 e. The lowest BCUT2D eigenvalue weighted by Crippen LogP contribution is -2.36. The summed E-state index contributed by atoms with van der Waals surface area (Å²) >= 11 is 0. The third-order valence-corrected chi connectivity index (χ3v) is 6.01. The highest BCUT2D eigenvalue weighted by molar-refractivity contribution is 7.44. The summed E-state index contributed by atoms with van der Waals surface area (Å²) < 4.78 is 28.1. The minimum Gasteiger partial charge on any atom is -0.372 e. The minimum atomic E-state index is -1.28. The molecule has 6 heteroatoms. The number of hydrogen-bond acceptors (Lipinski definition) is 4. The number of nitrogens with zero attached hydrogens (tertiary/aromatic N) is 2. The van der Waals surface area contributed by atoms with Gasteiger partial charge in [-0.1, -0.05) is 6.92 Å². The highest BCUT2D eigenvalue weighted by Crippen LogP contribution is 2.49. The van der Waals surface area contributed by atoms with E-state index in [-0.39, 0.29) is 43.2 Å². The first-order valence-corrected chi connectivity index (χ1v) is 9.12. The van der Waals surface area contributed by atoms with Gasteiger partial charge in [0.1, 0.15) is 6.61 Å². The Bertz CT molecular complexity index is 384. The second-order valence-electron chi connectivity index (χ2n) is 6.33. The lowest BCUT2D eigenvalue weighted by Gasteiger charge is -2.37. The van der Waals surface area contributed by atoms with Crippen molar-refractivity contribution in [1.82, 2.24) is 4.67 Å². The second kappa shape index (κ2) is 9.15. The lowest BCUT2D eigenvalue weighted by atomic mass is 10.0. The molecule has 1 rings (SSSR count). The Morgan fingerprint density at radius 2 is 1.91 bits per heavy atom. The van der Waals surface area contributed by atoms with Crippen LogP contribution < -0.4 is 0 Å². The molecule has 1 unspecified atom stereocenters. The molecule has 0 aliphatic carbocycles. The molecule has 5 atom stereocenters. The summed E-state index contributed by atoms with van der Waals surface area (Å²) in [7, 11) is -1.28. The molecule has 0 aromatic carbocycles. The molecule has 1 saturated heterocycles. The zero-order chi connectivity index (χ0) is 17.6. The molecular weight excluding hydrogens is 299 g/mol. The van der Waals surface area contributed by atoms with E-state index in [0.717, 1.165) is 0 Å². The molecular formula is C16H31N2O3P. The van der Waals surface area contributed by atoms with Crippen LogP contribution in [0.15, 0.2) is 0 Å². The van der Waals surface area contributed by atoms with E-state index in [2.05, 4.69) is 44.1 Å². The summed E-state index contributed by atoms with van der Waals surface area (Å²) in [6.07, 6.45) is -0.265. The van der Waals surface area contributed by atoms with Gasteiger partial charge in [0.05, 0.1) is 18.3 Å². The fourth-order valence-corrected chi connectivity index (χ4v) is 4.47. The maximum absolute atomic E-state index is 7.71. The molecule has 0 saturated carbocycles. The summed E-state index contributed by atoms with van der Waals surface area (Å²) in [5.41, 5.74) is 0. The van der Waals surface area contributed by atoms with Gasteiger partial charge in [-0.2, -0.15) is 0 Å². The van der Waals surface area contributed by atoms with Crippen LogP contribution in [0.1, 0.15) is 49.8 Å². The Balaban J connectivity index is 2.88. The largest absolute Gasteiger partial charge is 0.372 e. The smallest absolute Gasteiger partial charge is 0.259 e. The number of rotatable bonds is 8. The lowest BCUT2D eigenvalue weighted by molar-refractivity contribution is 0.0298. The van der Waals surface area contributed by atoms with Gasteiger partial charge in [-0.3, -0.25) is 0 Å². The first-order chi connectivity index (χ1) is 10.8. The Kier molecular flexibility index (Phi) is 7.53. The van der Waals surface area contributed by atoms with Gasteiger partial charge in [0.2, 0.25) is 6.54 Å². The molecule has 1 fully saturated rings. The predicted octanol–water partition coefficient (Wildman–Crippen LogP) is 4.10. The van der Waals surface area contributed by atoms with E-state index in [9.17, 15) is 0 Å². The van der Waals surface area contributed by atoms with Gasteiger partial charge in [-0.25, -0.2) is 11.2 Å². The summed E-state index contributed by atoms with van der Waals surface area (Å²) in [6, 6.07) is 0.553. The molecule has 22 heavy (non-hydrogen) atoms. The van der Waals surface area contributed by atoms with E-state index in [0.29, 0.717) is 13.2 Å². The summed E-state index contributed by atoms with van der Waals surface area (Å²) in [4.78, 5) is 3.35. The molecule has 0 radical (unpaired) electrons. The molecule has 0 amide bonds. The third kappa shape index (κ3) is 5.15. The Labute approximate surface area is 138 Å². The zero-order valence-electron chi connectivity index (χ0n) is 15.7. The van der Waals surface area contributed by atoms with Crippen LogP contribution in [0.5, 0.6) is 0 Å². The topological polar surface area (TPSA) is 35.3 Å². The molecule has 128 valence electrons. The minimum absolute atomic E-state index is 0.0852. The Morgan fingerprint density at radius 3 is 2.41 bits per heavy atom. The summed E-state index contributed by atoms with van der Waals surface area (Å²) in [6.45, 7) is 20.4. The first-order valence-electron chi connectivity index (χ1n) is 8.70. The SMILES string of the molecule is [2H]C[C@H]1O[C@@H](C)[C@H](C)[C@@H]1OP(OCC[N+]#[C-])N(C(C)C)C(C)C. The number of hydrogen-bond donors (Lipinski definition) is 0. The van der Waals surface area contributed by atoms with Crippen molar-refractivity contribution >= 4 is 8.53 Å². The average Bonchev–Trinajstić information content (AvgIpc) is 2.74. The van der Waals surface area contributed by atoms with Crippen molar-refractivity contribution in [1.29, 1.82) is 0 Å². The van der Waals surface area contributed by atoms with Crippen molar-refractivity contribution in [3.05, 3.63) is 11.4 Å². The standard InChI is InChI=1S/C16H31N2O3P/c1-11(2)18(12(3)4)22(19-10-9-17-8)21-16-13(5)14(6)20-15(16)7/h11-16H,9-10H2,1-7H3/t13-,14-,15+,16-,22?/m0/s1/i7D. The molecule has 0 spiro atoms. The zero-order valence-corrected chi connectivity index (χ0v) is 15.5. The number of ether oxygens (including phenoxy) is 1. The second-order valence-corrected chi connectivity index (χ2v) is 7.74. The highest BCUT2D eigenvalue weighted by atomic mass is 31.2. The third-order valence-electron chi connectivity index (χ3n) is 3.88.